The van der Waals surface area contributed by atoms with Gasteiger partial charge in [0.15, 0.2) is 0 Å². The van der Waals surface area contributed by atoms with Crippen LogP contribution < -0.4 is 5.32 Å². The van der Waals surface area contributed by atoms with E-state index >= 15 is 0 Å². The van der Waals surface area contributed by atoms with Gasteiger partial charge < -0.3 is 10.1 Å². The van der Waals surface area contributed by atoms with E-state index in [1.807, 2.05) is 24.6 Å². The first-order valence-electron chi connectivity index (χ1n) is 5.49. The molecule has 0 radical (unpaired) electrons. The van der Waals surface area contributed by atoms with E-state index in [4.69, 9.17) is 4.74 Å². The second kappa shape index (κ2) is 5.05. The molecular formula is C11H18N2OS. The molecule has 0 aromatic carbocycles. The van der Waals surface area contributed by atoms with Crippen LogP contribution in [-0.4, -0.2) is 31.3 Å². The van der Waals surface area contributed by atoms with Crippen molar-refractivity contribution in [2.24, 2.45) is 0 Å². The predicted molar refractivity (Wildman–Crippen MR) is 62.5 cm³/mol. The number of nitrogens with zero attached hydrogens (tertiary/aromatic N) is 1. The molecule has 1 aliphatic rings. The van der Waals surface area contributed by atoms with Crippen LogP contribution in [0.1, 0.15) is 29.1 Å². The van der Waals surface area contributed by atoms with Crippen molar-refractivity contribution < 1.29 is 4.74 Å². The first-order valence-corrected chi connectivity index (χ1v) is 6.31. The van der Waals surface area contributed by atoms with E-state index in [1.54, 1.807) is 0 Å². The van der Waals surface area contributed by atoms with E-state index in [0.717, 1.165) is 26.1 Å². The van der Waals surface area contributed by atoms with Crippen molar-refractivity contribution in [2.45, 2.75) is 31.7 Å². The van der Waals surface area contributed by atoms with Gasteiger partial charge in [0.25, 0.3) is 0 Å². The smallest absolute Gasteiger partial charge is 0.0982 e. The Bertz CT molecular complexity index is 307. The number of aromatic nitrogens is 1. The van der Waals surface area contributed by atoms with Gasteiger partial charge in [-0.05, 0) is 26.8 Å². The summed E-state index contributed by atoms with van der Waals surface area (Å²) in [7, 11) is 2.00. The van der Waals surface area contributed by atoms with Crippen LogP contribution >= 0.6 is 11.3 Å². The second-order valence-electron chi connectivity index (χ2n) is 4.12. The van der Waals surface area contributed by atoms with Crippen molar-refractivity contribution in [1.82, 2.24) is 10.3 Å². The van der Waals surface area contributed by atoms with E-state index in [2.05, 4.69) is 17.2 Å². The van der Waals surface area contributed by atoms with E-state index in [1.165, 1.54) is 9.88 Å². The number of ether oxygens (including phenoxy) is 1. The summed E-state index contributed by atoms with van der Waals surface area (Å²) in [6.07, 6.45) is 4.22. The zero-order valence-electron chi connectivity index (χ0n) is 9.32. The zero-order chi connectivity index (χ0) is 10.7. The molecule has 0 bridgehead atoms. The largest absolute Gasteiger partial charge is 0.381 e. The summed E-state index contributed by atoms with van der Waals surface area (Å²) < 4.78 is 5.38. The summed E-state index contributed by atoms with van der Waals surface area (Å²) in [6, 6.07) is 0.526. The van der Waals surface area contributed by atoms with E-state index < -0.39 is 0 Å². The summed E-state index contributed by atoms with van der Waals surface area (Å²) in [5.74, 6) is 0.550. The minimum Gasteiger partial charge on any atom is -0.381 e. The summed E-state index contributed by atoms with van der Waals surface area (Å²) in [4.78, 5) is 5.87. The van der Waals surface area contributed by atoms with Gasteiger partial charge in [-0.2, -0.15) is 0 Å². The molecule has 3 nitrogen and oxygen atoms in total. The second-order valence-corrected chi connectivity index (χ2v) is 5.27. The first-order chi connectivity index (χ1) is 7.29. The van der Waals surface area contributed by atoms with Crippen molar-refractivity contribution in [1.29, 1.82) is 0 Å². The molecule has 0 saturated carbocycles. The van der Waals surface area contributed by atoms with E-state index in [9.17, 15) is 0 Å². The third-order valence-electron chi connectivity index (χ3n) is 2.85. The van der Waals surface area contributed by atoms with Crippen LogP contribution in [0.4, 0.5) is 0 Å². The monoisotopic (exact) mass is 226 g/mol. The molecular weight excluding hydrogens is 208 g/mol. The molecule has 2 heterocycles. The van der Waals surface area contributed by atoms with Gasteiger partial charge >= 0.3 is 0 Å². The zero-order valence-corrected chi connectivity index (χ0v) is 10.1. The van der Waals surface area contributed by atoms with Crippen LogP contribution in [0.25, 0.3) is 0 Å². The maximum absolute atomic E-state index is 5.38. The molecule has 15 heavy (non-hydrogen) atoms. The molecule has 0 spiro atoms. The quantitative estimate of drug-likeness (QED) is 0.850. The van der Waals surface area contributed by atoms with Crippen molar-refractivity contribution >= 4 is 11.3 Å². The number of hydrogen-bond acceptors (Lipinski definition) is 4. The fraction of sp³-hybridized carbons (Fsp3) is 0.727. The number of hydrogen-bond donors (Lipinski definition) is 1. The number of rotatable bonds is 4. The van der Waals surface area contributed by atoms with Gasteiger partial charge in [-0.1, -0.05) is 0 Å². The molecule has 1 fully saturated rings. The summed E-state index contributed by atoms with van der Waals surface area (Å²) >= 11 is 1.84. The Balaban J connectivity index is 1.97. The average molecular weight is 226 g/mol. The predicted octanol–water partition coefficient (Wildman–Crippen LogP) is 1.80. The topological polar surface area (TPSA) is 34.2 Å². The number of thiazole rings is 1. The molecule has 84 valence electrons. The lowest BCUT2D eigenvalue weighted by Crippen LogP contribution is -2.22. The molecule has 0 amide bonds. The maximum atomic E-state index is 5.38. The van der Waals surface area contributed by atoms with Crippen LogP contribution in [0.5, 0.6) is 0 Å². The van der Waals surface area contributed by atoms with Gasteiger partial charge in [-0.25, -0.2) is 4.98 Å². The molecule has 1 aromatic rings. The lowest BCUT2D eigenvalue weighted by Gasteiger charge is -2.06. The highest BCUT2D eigenvalue weighted by Crippen LogP contribution is 2.29. The Morgan fingerprint density at radius 1 is 1.73 bits per heavy atom. The van der Waals surface area contributed by atoms with Gasteiger partial charge in [-0.15, -0.1) is 11.3 Å². The Morgan fingerprint density at radius 3 is 3.27 bits per heavy atom. The van der Waals surface area contributed by atoms with Crippen molar-refractivity contribution in [2.75, 3.05) is 20.3 Å². The number of likely N-dealkylation sites (N-methyl/N-ethyl adjacent to an activating group) is 1. The molecule has 1 aromatic heterocycles. The van der Waals surface area contributed by atoms with Crippen LogP contribution in [0.2, 0.25) is 0 Å². The average Bonchev–Trinajstić information content (AvgIpc) is 2.85. The van der Waals surface area contributed by atoms with Crippen molar-refractivity contribution in [3.63, 3.8) is 0 Å². The van der Waals surface area contributed by atoms with Gasteiger partial charge in [-0.3, -0.25) is 0 Å². The van der Waals surface area contributed by atoms with Crippen molar-refractivity contribution in [3.05, 3.63) is 16.1 Å². The first kappa shape index (κ1) is 11.0. The lowest BCUT2D eigenvalue weighted by molar-refractivity contribution is 0.194. The molecule has 1 aliphatic heterocycles. The van der Waals surface area contributed by atoms with E-state index in [-0.39, 0.29) is 0 Å². The van der Waals surface area contributed by atoms with Gasteiger partial charge in [0.2, 0.25) is 0 Å². The molecule has 2 rings (SSSR count). The highest BCUT2D eigenvalue weighted by atomic mass is 32.1. The Hall–Kier alpha value is -0.450. The summed E-state index contributed by atoms with van der Waals surface area (Å²) in [5, 5.41) is 4.50. The van der Waals surface area contributed by atoms with Crippen LogP contribution in [-0.2, 0) is 11.2 Å². The van der Waals surface area contributed by atoms with Crippen molar-refractivity contribution in [3.8, 4) is 0 Å². The molecule has 1 N–H and O–H groups in total. The van der Waals surface area contributed by atoms with Crippen LogP contribution in [0.3, 0.4) is 0 Å². The number of nitrogens with one attached hydrogen (secondary N) is 1. The molecule has 2 atom stereocenters. The Labute approximate surface area is 94.9 Å². The summed E-state index contributed by atoms with van der Waals surface area (Å²) in [6.45, 7) is 3.94. The van der Waals surface area contributed by atoms with Gasteiger partial charge in [0.05, 0.1) is 11.6 Å². The molecule has 0 aliphatic carbocycles. The standard InChI is InChI=1S/C11H18N2OS/c1-8(12-2)5-10-6-13-11(15-10)9-3-4-14-7-9/h6,8-9,12H,3-5,7H2,1-2H3. The minimum absolute atomic E-state index is 0.526. The maximum Gasteiger partial charge on any atom is 0.0982 e. The normalized spacial score (nSPS) is 23.2. The summed E-state index contributed by atoms with van der Waals surface area (Å²) in [5.41, 5.74) is 0. The minimum atomic E-state index is 0.526. The Morgan fingerprint density at radius 2 is 2.60 bits per heavy atom. The highest BCUT2D eigenvalue weighted by molar-refractivity contribution is 7.11. The molecule has 4 heteroatoms. The van der Waals surface area contributed by atoms with E-state index in [0.29, 0.717) is 12.0 Å². The fourth-order valence-electron chi connectivity index (χ4n) is 1.74. The molecule has 1 saturated heterocycles. The third-order valence-corrected chi connectivity index (χ3v) is 4.03. The van der Waals surface area contributed by atoms with Crippen LogP contribution in [0.15, 0.2) is 6.20 Å². The lowest BCUT2D eigenvalue weighted by atomic mass is 10.1. The Kier molecular flexibility index (Phi) is 3.72. The third kappa shape index (κ3) is 2.77. The van der Waals surface area contributed by atoms with Gasteiger partial charge in [0, 0.05) is 29.6 Å². The fourth-order valence-corrected chi connectivity index (χ4v) is 2.90. The highest BCUT2D eigenvalue weighted by Gasteiger charge is 2.20. The molecule has 2 unspecified atom stereocenters. The SMILES string of the molecule is CNC(C)Cc1cnc(C2CCOC2)s1. The van der Waals surface area contributed by atoms with Gasteiger partial charge in [0.1, 0.15) is 0 Å². The van der Waals surface area contributed by atoms with Crippen LogP contribution in [0, 0.1) is 0 Å².